The van der Waals surface area contributed by atoms with E-state index in [1.807, 2.05) is 13.1 Å². The molecule has 2 aromatic heterocycles. The van der Waals surface area contributed by atoms with Crippen molar-refractivity contribution in [2.45, 2.75) is 38.5 Å². The van der Waals surface area contributed by atoms with E-state index in [1.54, 1.807) is 24.3 Å². The Labute approximate surface area is 186 Å². The van der Waals surface area contributed by atoms with Gasteiger partial charge in [-0.2, -0.15) is 0 Å². The molecule has 1 amide bonds. The van der Waals surface area contributed by atoms with Crippen LogP contribution in [0.2, 0.25) is 5.02 Å². The average molecular weight is 438 g/mol. The van der Waals surface area contributed by atoms with Crippen molar-refractivity contribution in [1.82, 2.24) is 9.97 Å². The summed E-state index contributed by atoms with van der Waals surface area (Å²) < 4.78 is 13.8. The van der Waals surface area contributed by atoms with Gasteiger partial charge in [0.25, 0.3) is 0 Å². The van der Waals surface area contributed by atoms with Crippen LogP contribution in [0.1, 0.15) is 44.1 Å². The number of hydrogen-bond donors (Lipinski definition) is 1. The number of hydrogen-bond acceptors (Lipinski definition) is 3. The maximum Gasteiger partial charge on any atom is 0.228 e. The Morgan fingerprint density at radius 2 is 1.87 bits per heavy atom. The van der Waals surface area contributed by atoms with Crippen LogP contribution in [0.5, 0.6) is 0 Å². The minimum atomic E-state index is -0.213. The number of rotatable bonds is 4. The summed E-state index contributed by atoms with van der Waals surface area (Å²) in [5, 5.41) is 4.41. The largest absolute Gasteiger partial charge is 0.310 e. The third-order valence-corrected chi connectivity index (χ3v) is 7.55. The minimum absolute atomic E-state index is 0.0203. The highest BCUT2D eigenvalue weighted by Gasteiger charge is 2.44. The van der Waals surface area contributed by atoms with Crippen LogP contribution >= 0.6 is 11.6 Å². The second-order valence-electron chi connectivity index (χ2n) is 9.12. The standard InChI is InChI=1S/C25H25ClFN3O/c1-14(25(31)30-24-5-2-19(26)13-29-24)15-8-16-10-18(11-17(16)9-15)21-6-7-28-23-4-3-20(27)12-22(21)23/h2-7,12-18H,8-11H2,1H3,(H,29,30,31)/t14-,15-,16-,17+,18+/m1/s1. The molecule has 3 aromatic rings. The number of halogens is 2. The van der Waals surface area contributed by atoms with Gasteiger partial charge in [0.15, 0.2) is 0 Å². The Morgan fingerprint density at radius 1 is 1.10 bits per heavy atom. The Bertz CT molecular complexity index is 1110. The van der Waals surface area contributed by atoms with Gasteiger partial charge in [-0.25, -0.2) is 9.37 Å². The monoisotopic (exact) mass is 437 g/mol. The van der Waals surface area contributed by atoms with E-state index in [1.165, 1.54) is 17.8 Å². The zero-order valence-corrected chi connectivity index (χ0v) is 18.1. The van der Waals surface area contributed by atoms with E-state index in [9.17, 15) is 9.18 Å². The first-order valence-electron chi connectivity index (χ1n) is 10.9. The summed E-state index contributed by atoms with van der Waals surface area (Å²) in [6.07, 6.45) is 7.72. The van der Waals surface area contributed by atoms with Gasteiger partial charge >= 0.3 is 0 Å². The number of benzene rings is 1. The molecule has 1 N–H and O–H groups in total. The first-order chi connectivity index (χ1) is 15.0. The minimum Gasteiger partial charge on any atom is -0.310 e. The molecule has 2 saturated carbocycles. The molecule has 31 heavy (non-hydrogen) atoms. The molecular weight excluding hydrogens is 413 g/mol. The SMILES string of the molecule is C[C@@H](C(=O)Nc1ccc(Cl)cn1)[C@H]1C[C@H]2C[C@@H](c3ccnc4ccc(F)cc34)C[C@H]2C1. The van der Waals surface area contributed by atoms with E-state index in [0.29, 0.717) is 34.5 Å². The predicted octanol–water partition coefficient (Wildman–Crippen LogP) is 6.22. The Balaban J connectivity index is 1.24. The quantitative estimate of drug-likeness (QED) is 0.527. The number of nitrogens with zero attached hydrogens (tertiary/aromatic N) is 2. The molecule has 1 aromatic carbocycles. The van der Waals surface area contributed by atoms with E-state index in [-0.39, 0.29) is 17.6 Å². The number of pyridine rings is 2. The molecule has 160 valence electrons. The molecule has 2 fully saturated rings. The summed E-state index contributed by atoms with van der Waals surface area (Å²) in [6.45, 7) is 2.02. The Kier molecular flexibility index (Phi) is 5.39. The summed E-state index contributed by atoms with van der Waals surface area (Å²) in [6, 6.07) is 10.4. The molecule has 0 saturated heterocycles. The second kappa shape index (κ2) is 8.19. The summed E-state index contributed by atoms with van der Waals surface area (Å²) in [4.78, 5) is 21.3. The highest BCUT2D eigenvalue weighted by atomic mass is 35.5. The molecule has 2 aliphatic carbocycles. The molecular formula is C25H25ClFN3O. The van der Waals surface area contributed by atoms with Crippen molar-refractivity contribution in [2.24, 2.45) is 23.7 Å². The van der Waals surface area contributed by atoms with Crippen LogP contribution in [0.25, 0.3) is 10.9 Å². The predicted molar refractivity (Wildman–Crippen MR) is 120 cm³/mol. The van der Waals surface area contributed by atoms with Gasteiger partial charge in [0, 0.05) is 23.7 Å². The molecule has 5 rings (SSSR count). The maximum atomic E-state index is 13.8. The number of aromatic nitrogens is 2. The smallest absolute Gasteiger partial charge is 0.228 e. The van der Waals surface area contributed by atoms with Crippen LogP contribution < -0.4 is 5.32 Å². The van der Waals surface area contributed by atoms with Crippen LogP contribution in [0.15, 0.2) is 48.8 Å². The molecule has 6 heteroatoms. The first kappa shape index (κ1) is 20.4. The lowest BCUT2D eigenvalue weighted by molar-refractivity contribution is -0.120. The van der Waals surface area contributed by atoms with Crippen LogP contribution in [0, 0.1) is 29.5 Å². The lowest BCUT2D eigenvalue weighted by Gasteiger charge is -2.21. The van der Waals surface area contributed by atoms with Crippen molar-refractivity contribution in [1.29, 1.82) is 0 Å². The van der Waals surface area contributed by atoms with Crippen molar-refractivity contribution in [2.75, 3.05) is 5.32 Å². The van der Waals surface area contributed by atoms with Crippen molar-refractivity contribution >= 4 is 34.2 Å². The molecule has 2 aliphatic rings. The number of fused-ring (bicyclic) bond motifs is 2. The number of carbonyl (C=O) groups is 1. The summed E-state index contributed by atoms with van der Waals surface area (Å²) in [5.41, 5.74) is 2.07. The highest BCUT2D eigenvalue weighted by Crippen LogP contribution is 2.54. The normalized spacial score (nSPS) is 26.0. The fourth-order valence-corrected chi connectivity index (χ4v) is 5.84. The van der Waals surface area contributed by atoms with Gasteiger partial charge in [-0.15, -0.1) is 0 Å². The van der Waals surface area contributed by atoms with Crippen molar-refractivity contribution in [3.63, 3.8) is 0 Å². The van der Waals surface area contributed by atoms with Gasteiger partial charge in [-0.3, -0.25) is 9.78 Å². The van der Waals surface area contributed by atoms with Gasteiger partial charge in [-0.05, 0) is 91.3 Å². The third-order valence-electron chi connectivity index (χ3n) is 7.33. The summed E-state index contributed by atoms with van der Waals surface area (Å²) in [7, 11) is 0. The van der Waals surface area contributed by atoms with Gasteiger partial charge < -0.3 is 5.32 Å². The molecule has 5 atom stereocenters. The van der Waals surface area contributed by atoms with Crippen molar-refractivity contribution < 1.29 is 9.18 Å². The molecule has 0 bridgehead atoms. The lowest BCUT2D eigenvalue weighted by Crippen LogP contribution is -2.26. The zero-order chi connectivity index (χ0) is 21.5. The topological polar surface area (TPSA) is 54.9 Å². The van der Waals surface area contributed by atoms with Crippen LogP contribution in [-0.2, 0) is 4.79 Å². The van der Waals surface area contributed by atoms with Gasteiger partial charge in [-0.1, -0.05) is 18.5 Å². The lowest BCUT2D eigenvalue weighted by atomic mass is 9.86. The van der Waals surface area contributed by atoms with Gasteiger partial charge in [0.2, 0.25) is 5.91 Å². The van der Waals surface area contributed by atoms with Crippen molar-refractivity contribution in [3.05, 3.63) is 65.2 Å². The van der Waals surface area contributed by atoms with E-state index in [4.69, 9.17) is 11.6 Å². The van der Waals surface area contributed by atoms with E-state index >= 15 is 0 Å². The van der Waals surface area contributed by atoms with Gasteiger partial charge in [0.1, 0.15) is 11.6 Å². The fourth-order valence-electron chi connectivity index (χ4n) is 5.73. The third kappa shape index (κ3) is 4.03. The average Bonchev–Trinajstić information content (AvgIpc) is 3.33. The molecule has 0 unspecified atom stereocenters. The van der Waals surface area contributed by atoms with Crippen LogP contribution in [0.4, 0.5) is 10.2 Å². The van der Waals surface area contributed by atoms with Gasteiger partial charge in [0.05, 0.1) is 10.5 Å². The fraction of sp³-hybridized carbons (Fsp3) is 0.400. The zero-order valence-electron chi connectivity index (χ0n) is 17.4. The molecule has 0 aliphatic heterocycles. The van der Waals surface area contributed by atoms with E-state index in [2.05, 4.69) is 21.4 Å². The van der Waals surface area contributed by atoms with Crippen LogP contribution in [-0.4, -0.2) is 15.9 Å². The molecule has 0 radical (unpaired) electrons. The van der Waals surface area contributed by atoms with Crippen LogP contribution in [0.3, 0.4) is 0 Å². The highest BCUT2D eigenvalue weighted by molar-refractivity contribution is 6.30. The van der Waals surface area contributed by atoms with E-state index < -0.39 is 0 Å². The summed E-state index contributed by atoms with van der Waals surface area (Å²) in [5.74, 6) is 2.35. The number of anilines is 1. The Hall–Kier alpha value is -2.53. The second-order valence-corrected chi connectivity index (χ2v) is 9.56. The number of nitrogens with one attached hydrogen (secondary N) is 1. The van der Waals surface area contributed by atoms with E-state index in [0.717, 1.165) is 36.6 Å². The maximum absolute atomic E-state index is 13.8. The Morgan fingerprint density at radius 3 is 2.58 bits per heavy atom. The number of amides is 1. The molecule has 4 nitrogen and oxygen atoms in total. The van der Waals surface area contributed by atoms with Crippen molar-refractivity contribution in [3.8, 4) is 0 Å². The molecule has 0 spiro atoms. The summed E-state index contributed by atoms with van der Waals surface area (Å²) >= 11 is 5.87. The molecule has 2 heterocycles. The number of carbonyl (C=O) groups excluding carboxylic acids is 1. The first-order valence-corrected chi connectivity index (χ1v) is 11.3.